The third-order valence-electron chi connectivity index (χ3n) is 4.68. The number of rotatable bonds is 5. The number of amides is 1. The van der Waals surface area contributed by atoms with E-state index in [0.29, 0.717) is 28.1 Å². The summed E-state index contributed by atoms with van der Waals surface area (Å²) in [4.78, 5) is 39.6. The zero-order chi connectivity index (χ0) is 20.4. The smallest absolute Gasteiger partial charge is 0.256 e. The van der Waals surface area contributed by atoms with Crippen LogP contribution in [0.4, 0.5) is 5.69 Å². The normalized spacial score (nSPS) is 12.3. The molecule has 0 saturated heterocycles. The van der Waals surface area contributed by atoms with E-state index < -0.39 is 0 Å². The van der Waals surface area contributed by atoms with E-state index >= 15 is 0 Å². The van der Waals surface area contributed by atoms with Crippen LogP contribution in [0.15, 0.2) is 71.6 Å². The molecule has 5 nitrogen and oxygen atoms in total. The number of ketones is 2. The highest BCUT2D eigenvalue weighted by molar-refractivity contribution is 7.99. The molecule has 0 aromatic heterocycles. The van der Waals surface area contributed by atoms with Crippen LogP contribution in [-0.2, 0) is 0 Å². The van der Waals surface area contributed by atoms with E-state index in [2.05, 4.69) is 5.32 Å². The van der Waals surface area contributed by atoms with E-state index in [-0.39, 0.29) is 35.2 Å². The van der Waals surface area contributed by atoms with Gasteiger partial charge in [-0.2, -0.15) is 0 Å². The second kappa shape index (κ2) is 8.03. The summed E-state index contributed by atoms with van der Waals surface area (Å²) in [6.45, 7) is 0.00281. The maximum absolute atomic E-state index is 13.1. The highest BCUT2D eigenvalue weighted by Gasteiger charge is 2.31. The highest BCUT2D eigenvalue weighted by atomic mass is 32.2. The minimum absolute atomic E-state index is 0.00281. The van der Waals surface area contributed by atoms with Gasteiger partial charge in [0.05, 0.1) is 23.4 Å². The Morgan fingerprint density at radius 2 is 1.48 bits per heavy atom. The van der Waals surface area contributed by atoms with E-state index in [0.717, 1.165) is 4.90 Å². The van der Waals surface area contributed by atoms with Crippen molar-refractivity contribution in [2.45, 2.75) is 4.90 Å². The number of hydrogen-bond donors (Lipinski definition) is 2. The van der Waals surface area contributed by atoms with Gasteiger partial charge in [-0.3, -0.25) is 14.4 Å². The molecule has 0 atom stereocenters. The number of anilines is 1. The molecule has 3 aromatic carbocycles. The molecule has 0 bridgehead atoms. The van der Waals surface area contributed by atoms with Gasteiger partial charge in [-0.1, -0.05) is 48.5 Å². The fraction of sp³-hybridized carbons (Fsp3) is 0.0870. The lowest BCUT2D eigenvalue weighted by atomic mass is 9.83. The number of carbonyl (C=O) groups is 3. The molecule has 6 heteroatoms. The van der Waals surface area contributed by atoms with Gasteiger partial charge >= 0.3 is 0 Å². The lowest BCUT2D eigenvalue weighted by Gasteiger charge is -2.20. The molecule has 4 rings (SSSR count). The molecular formula is C23H17NO4S. The quantitative estimate of drug-likeness (QED) is 0.495. The van der Waals surface area contributed by atoms with Crippen molar-refractivity contribution in [2.24, 2.45) is 0 Å². The summed E-state index contributed by atoms with van der Waals surface area (Å²) in [6, 6.07) is 18.6. The summed E-state index contributed by atoms with van der Waals surface area (Å²) in [6.07, 6.45) is 0. The number of aliphatic hydroxyl groups excluding tert-OH is 1. The number of benzene rings is 3. The topological polar surface area (TPSA) is 83.5 Å². The molecular weight excluding hydrogens is 386 g/mol. The molecule has 3 aromatic rings. The molecule has 144 valence electrons. The molecule has 0 aliphatic heterocycles. The van der Waals surface area contributed by atoms with Gasteiger partial charge in [-0.05, 0) is 18.2 Å². The van der Waals surface area contributed by atoms with Crippen LogP contribution < -0.4 is 5.32 Å². The number of nitrogens with one attached hydrogen (secondary N) is 1. The number of carbonyl (C=O) groups excluding carboxylic acids is 3. The Balaban J connectivity index is 1.71. The number of hydrogen-bond acceptors (Lipinski definition) is 5. The SMILES string of the molecule is O=C(Nc1cccc2c1C(=O)c1ccccc1C2=O)c1ccccc1SCCO. The first kappa shape index (κ1) is 19.1. The zero-order valence-corrected chi connectivity index (χ0v) is 16.2. The van der Waals surface area contributed by atoms with Crippen molar-refractivity contribution < 1.29 is 19.5 Å². The minimum atomic E-state index is -0.376. The second-order valence-corrected chi connectivity index (χ2v) is 7.59. The van der Waals surface area contributed by atoms with Gasteiger partial charge in [0.1, 0.15) is 0 Å². The Morgan fingerprint density at radius 1 is 0.828 bits per heavy atom. The van der Waals surface area contributed by atoms with Crippen molar-refractivity contribution in [3.05, 3.63) is 94.5 Å². The predicted molar refractivity (Wildman–Crippen MR) is 112 cm³/mol. The van der Waals surface area contributed by atoms with Gasteiger partial charge < -0.3 is 10.4 Å². The van der Waals surface area contributed by atoms with Crippen molar-refractivity contribution in [1.82, 2.24) is 0 Å². The predicted octanol–water partition coefficient (Wildman–Crippen LogP) is 3.80. The summed E-state index contributed by atoms with van der Waals surface area (Å²) >= 11 is 1.37. The first-order valence-corrected chi connectivity index (χ1v) is 10.1. The maximum atomic E-state index is 13.1. The lowest BCUT2D eigenvalue weighted by molar-refractivity contribution is 0.0978. The third-order valence-corrected chi connectivity index (χ3v) is 5.73. The molecule has 0 fully saturated rings. The lowest BCUT2D eigenvalue weighted by Crippen LogP contribution is -2.24. The fourth-order valence-electron chi connectivity index (χ4n) is 3.37. The van der Waals surface area contributed by atoms with Crippen molar-refractivity contribution in [1.29, 1.82) is 0 Å². The van der Waals surface area contributed by atoms with Crippen LogP contribution in [0.25, 0.3) is 0 Å². The minimum Gasteiger partial charge on any atom is -0.396 e. The van der Waals surface area contributed by atoms with Gasteiger partial charge in [0.25, 0.3) is 5.91 Å². The molecule has 1 aliphatic rings. The first-order chi connectivity index (χ1) is 14.1. The van der Waals surface area contributed by atoms with Crippen LogP contribution in [-0.4, -0.2) is 34.9 Å². The Morgan fingerprint density at radius 3 is 2.24 bits per heavy atom. The number of aliphatic hydroxyl groups is 1. The van der Waals surface area contributed by atoms with E-state index in [4.69, 9.17) is 5.11 Å². The summed E-state index contributed by atoms with van der Waals surface area (Å²) in [7, 11) is 0. The van der Waals surface area contributed by atoms with Crippen molar-refractivity contribution in [3.63, 3.8) is 0 Å². The molecule has 0 heterocycles. The first-order valence-electron chi connectivity index (χ1n) is 9.07. The summed E-state index contributed by atoms with van der Waals surface area (Å²) in [5.41, 5.74) is 1.96. The zero-order valence-electron chi connectivity index (χ0n) is 15.3. The Bertz CT molecular complexity index is 1140. The molecule has 0 radical (unpaired) electrons. The molecule has 0 spiro atoms. The monoisotopic (exact) mass is 403 g/mol. The maximum Gasteiger partial charge on any atom is 0.256 e. The van der Waals surface area contributed by atoms with E-state index in [1.165, 1.54) is 11.8 Å². The molecule has 1 amide bonds. The van der Waals surface area contributed by atoms with Crippen LogP contribution in [0.3, 0.4) is 0 Å². The van der Waals surface area contributed by atoms with Gasteiger partial charge in [0, 0.05) is 27.3 Å². The third kappa shape index (κ3) is 3.48. The van der Waals surface area contributed by atoms with Gasteiger partial charge in [-0.25, -0.2) is 0 Å². The standard InChI is InChI=1S/C23H17NO4S/c25-12-13-29-19-11-4-3-8-16(19)23(28)24-18-10-5-9-17-20(18)22(27)15-7-2-1-6-14(15)21(17)26/h1-11,25H,12-13H2,(H,24,28). The summed E-state index contributed by atoms with van der Waals surface area (Å²) in [5, 5.41) is 11.9. The molecule has 29 heavy (non-hydrogen) atoms. The molecule has 0 unspecified atom stereocenters. The van der Waals surface area contributed by atoms with Crippen molar-refractivity contribution in [3.8, 4) is 0 Å². The van der Waals surface area contributed by atoms with Crippen molar-refractivity contribution in [2.75, 3.05) is 17.7 Å². The number of fused-ring (bicyclic) bond motifs is 2. The van der Waals surface area contributed by atoms with Crippen LogP contribution in [0.5, 0.6) is 0 Å². The van der Waals surface area contributed by atoms with Crippen LogP contribution >= 0.6 is 11.8 Å². The largest absolute Gasteiger partial charge is 0.396 e. The van der Waals surface area contributed by atoms with Gasteiger partial charge in [0.15, 0.2) is 11.6 Å². The van der Waals surface area contributed by atoms with E-state index in [9.17, 15) is 14.4 Å². The molecule has 1 aliphatic carbocycles. The average molecular weight is 403 g/mol. The summed E-state index contributed by atoms with van der Waals surface area (Å²) in [5.74, 6) is -0.424. The Hall–Kier alpha value is -3.22. The van der Waals surface area contributed by atoms with Crippen molar-refractivity contribution >= 4 is 34.9 Å². The van der Waals surface area contributed by atoms with Crippen LogP contribution in [0, 0.1) is 0 Å². The van der Waals surface area contributed by atoms with Crippen LogP contribution in [0.1, 0.15) is 42.2 Å². The fourth-order valence-corrected chi connectivity index (χ4v) is 4.18. The van der Waals surface area contributed by atoms with E-state index in [1.807, 2.05) is 6.07 Å². The average Bonchev–Trinajstić information content (AvgIpc) is 2.76. The second-order valence-electron chi connectivity index (χ2n) is 6.45. The summed E-state index contributed by atoms with van der Waals surface area (Å²) < 4.78 is 0. The number of thioether (sulfide) groups is 1. The Labute approximate surface area is 171 Å². The van der Waals surface area contributed by atoms with Gasteiger partial charge in [-0.15, -0.1) is 11.8 Å². The molecule has 0 saturated carbocycles. The van der Waals surface area contributed by atoms with E-state index in [1.54, 1.807) is 60.7 Å². The van der Waals surface area contributed by atoms with Crippen LogP contribution in [0.2, 0.25) is 0 Å². The highest BCUT2D eigenvalue weighted by Crippen LogP contribution is 2.32. The van der Waals surface area contributed by atoms with Gasteiger partial charge in [0.2, 0.25) is 0 Å². The molecule has 2 N–H and O–H groups in total. The Kier molecular flexibility index (Phi) is 5.29.